The summed E-state index contributed by atoms with van der Waals surface area (Å²) in [5.74, 6) is -0.214. The number of nitrogens with zero attached hydrogens (tertiary/aromatic N) is 1. The summed E-state index contributed by atoms with van der Waals surface area (Å²) in [6.45, 7) is 2.37. The first-order chi connectivity index (χ1) is 7.63. The third-order valence-electron chi connectivity index (χ3n) is 1.86. The van der Waals surface area contributed by atoms with Crippen molar-refractivity contribution in [1.29, 1.82) is 0 Å². The Morgan fingerprint density at radius 3 is 2.94 bits per heavy atom. The Labute approximate surface area is 92.9 Å². The number of likely N-dealkylation sites (N-methyl/N-ethyl adjacent to an activating group) is 1. The summed E-state index contributed by atoms with van der Waals surface area (Å²) in [6, 6.07) is 6.09. The molecule has 1 amide bonds. The number of rotatable bonds is 4. The number of nitrogens with one attached hydrogen (secondary N) is 1. The van der Waals surface area contributed by atoms with E-state index in [9.17, 15) is 14.9 Å². The lowest BCUT2D eigenvalue weighted by Gasteiger charge is -1.96. The largest absolute Gasteiger partial charge is 0.353 e. The van der Waals surface area contributed by atoms with Gasteiger partial charge in [-0.1, -0.05) is 12.1 Å². The topological polar surface area (TPSA) is 72.2 Å². The van der Waals surface area contributed by atoms with Crippen LogP contribution in [0.2, 0.25) is 0 Å². The third kappa shape index (κ3) is 3.53. The van der Waals surface area contributed by atoms with Crippen LogP contribution in [0.15, 0.2) is 30.3 Å². The first-order valence-electron chi connectivity index (χ1n) is 4.84. The van der Waals surface area contributed by atoms with Crippen molar-refractivity contribution < 1.29 is 9.72 Å². The van der Waals surface area contributed by atoms with Gasteiger partial charge in [-0.2, -0.15) is 0 Å². The fourth-order valence-electron chi connectivity index (χ4n) is 1.15. The third-order valence-corrected chi connectivity index (χ3v) is 1.86. The molecule has 0 saturated heterocycles. The molecule has 0 aliphatic heterocycles. The van der Waals surface area contributed by atoms with Gasteiger partial charge in [-0.05, 0) is 18.6 Å². The smallest absolute Gasteiger partial charge is 0.270 e. The van der Waals surface area contributed by atoms with Crippen molar-refractivity contribution >= 4 is 17.7 Å². The van der Waals surface area contributed by atoms with E-state index in [1.807, 2.05) is 6.92 Å². The lowest BCUT2D eigenvalue weighted by molar-refractivity contribution is -0.384. The maximum Gasteiger partial charge on any atom is 0.270 e. The molecule has 1 rings (SSSR count). The molecule has 1 aromatic carbocycles. The van der Waals surface area contributed by atoms with Gasteiger partial charge in [0.25, 0.3) is 5.69 Å². The summed E-state index contributed by atoms with van der Waals surface area (Å²) in [7, 11) is 0. The van der Waals surface area contributed by atoms with Crippen LogP contribution in [0.1, 0.15) is 12.5 Å². The monoisotopic (exact) mass is 220 g/mol. The van der Waals surface area contributed by atoms with Crippen molar-refractivity contribution in [2.45, 2.75) is 6.92 Å². The van der Waals surface area contributed by atoms with Gasteiger partial charge in [-0.3, -0.25) is 14.9 Å². The van der Waals surface area contributed by atoms with Crippen LogP contribution in [0.3, 0.4) is 0 Å². The normalized spacial score (nSPS) is 10.3. The molecular formula is C11H12N2O3. The van der Waals surface area contributed by atoms with Crippen molar-refractivity contribution in [3.8, 4) is 0 Å². The number of carbonyl (C=O) groups excluding carboxylic acids is 1. The van der Waals surface area contributed by atoms with Crippen molar-refractivity contribution in [3.63, 3.8) is 0 Å². The highest BCUT2D eigenvalue weighted by Gasteiger charge is 2.03. The molecule has 0 bridgehead atoms. The molecule has 0 heterocycles. The van der Waals surface area contributed by atoms with E-state index >= 15 is 0 Å². The van der Waals surface area contributed by atoms with E-state index in [1.165, 1.54) is 24.3 Å². The SMILES string of the molecule is CCNC(=O)/C=C/c1cccc([N+](=O)[O-])c1. The van der Waals surface area contributed by atoms with Crippen molar-refractivity contribution in [2.24, 2.45) is 0 Å². The molecule has 0 saturated carbocycles. The maximum absolute atomic E-state index is 11.1. The first kappa shape index (κ1) is 11.9. The Kier molecular flexibility index (Phi) is 4.20. The minimum absolute atomic E-state index is 0.0121. The molecule has 5 nitrogen and oxygen atoms in total. The van der Waals surface area contributed by atoms with Crippen LogP contribution in [-0.2, 0) is 4.79 Å². The molecule has 84 valence electrons. The van der Waals surface area contributed by atoms with Gasteiger partial charge in [0, 0.05) is 24.8 Å². The van der Waals surface area contributed by atoms with Crippen LogP contribution >= 0.6 is 0 Å². The van der Waals surface area contributed by atoms with Crippen molar-refractivity contribution in [2.75, 3.05) is 6.54 Å². The molecule has 1 N–H and O–H groups in total. The first-order valence-corrected chi connectivity index (χ1v) is 4.84. The predicted molar refractivity (Wildman–Crippen MR) is 60.8 cm³/mol. The van der Waals surface area contributed by atoms with Crippen LogP contribution in [0, 0.1) is 10.1 Å². The average Bonchev–Trinajstić information content (AvgIpc) is 2.27. The lowest BCUT2D eigenvalue weighted by Crippen LogP contribution is -2.19. The molecule has 0 aliphatic rings. The zero-order chi connectivity index (χ0) is 12.0. The molecule has 0 aromatic heterocycles. The summed E-state index contributed by atoms with van der Waals surface area (Å²) in [4.78, 5) is 21.1. The van der Waals surface area contributed by atoms with E-state index in [1.54, 1.807) is 12.1 Å². The summed E-state index contributed by atoms with van der Waals surface area (Å²) < 4.78 is 0. The molecule has 0 atom stereocenters. The van der Waals surface area contributed by atoms with E-state index < -0.39 is 4.92 Å². The summed E-state index contributed by atoms with van der Waals surface area (Å²) in [5, 5.41) is 13.1. The molecule has 0 spiro atoms. The van der Waals surface area contributed by atoms with Gasteiger partial charge in [0.15, 0.2) is 0 Å². The minimum Gasteiger partial charge on any atom is -0.353 e. The van der Waals surface area contributed by atoms with Gasteiger partial charge in [0.05, 0.1) is 4.92 Å². The van der Waals surface area contributed by atoms with Gasteiger partial charge >= 0.3 is 0 Å². The standard InChI is InChI=1S/C11H12N2O3/c1-2-12-11(14)7-6-9-4-3-5-10(8-9)13(15)16/h3-8H,2H2,1H3,(H,12,14)/b7-6+. The number of benzene rings is 1. The fourth-order valence-corrected chi connectivity index (χ4v) is 1.15. The number of hydrogen-bond acceptors (Lipinski definition) is 3. The highest BCUT2D eigenvalue weighted by Crippen LogP contribution is 2.13. The highest BCUT2D eigenvalue weighted by atomic mass is 16.6. The second kappa shape index (κ2) is 5.65. The van der Waals surface area contributed by atoms with Crippen LogP contribution in [0.4, 0.5) is 5.69 Å². The maximum atomic E-state index is 11.1. The van der Waals surface area contributed by atoms with E-state index in [0.29, 0.717) is 12.1 Å². The quantitative estimate of drug-likeness (QED) is 0.477. The van der Waals surface area contributed by atoms with Gasteiger partial charge in [0.2, 0.25) is 5.91 Å². The Bertz CT molecular complexity index is 427. The minimum atomic E-state index is -0.469. The zero-order valence-corrected chi connectivity index (χ0v) is 8.84. The summed E-state index contributed by atoms with van der Waals surface area (Å²) in [6.07, 6.45) is 2.89. The predicted octanol–water partition coefficient (Wildman–Crippen LogP) is 1.74. The second-order valence-corrected chi connectivity index (χ2v) is 3.08. The molecule has 0 radical (unpaired) electrons. The number of nitro benzene ring substituents is 1. The van der Waals surface area contributed by atoms with E-state index in [-0.39, 0.29) is 11.6 Å². The zero-order valence-electron chi connectivity index (χ0n) is 8.84. The fraction of sp³-hybridized carbons (Fsp3) is 0.182. The Balaban J connectivity index is 2.77. The van der Waals surface area contributed by atoms with Crippen LogP contribution in [-0.4, -0.2) is 17.4 Å². The van der Waals surface area contributed by atoms with Crippen LogP contribution < -0.4 is 5.32 Å². The summed E-state index contributed by atoms with van der Waals surface area (Å²) >= 11 is 0. The van der Waals surface area contributed by atoms with Gasteiger partial charge in [-0.25, -0.2) is 0 Å². The van der Waals surface area contributed by atoms with Gasteiger partial charge in [-0.15, -0.1) is 0 Å². The second-order valence-electron chi connectivity index (χ2n) is 3.08. The van der Waals surface area contributed by atoms with Crippen LogP contribution in [0.5, 0.6) is 0 Å². The average molecular weight is 220 g/mol. The Hall–Kier alpha value is -2.17. The number of hydrogen-bond donors (Lipinski definition) is 1. The Morgan fingerprint density at radius 1 is 1.56 bits per heavy atom. The molecule has 1 aromatic rings. The van der Waals surface area contributed by atoms with E-state index in [2.05, 4.69) is 5.32 Å². The summed E-state index contributed by atoms with van der Waals surface area (Å²) in [5.41, 5.74) is 0.638. The van der Waals surface area contributed by atoms with Gasteiger partial charge < -0.3 is 5.32 Å². The lowest BCUT2D eigenvalue weighted by atomic mass is 10.2. The Morgan fingerprint density at radius 2 is 2.31 bits per heavy atom. The highest BCUT2D eigenvalue weighted by molar-refractivity contribution is 5.91. The number of carbonyl (C=O) groups is 1. The van der Waals surface area contributed by atoms with E-state index in [0.717, 1.165) is 0 Å². The molecule has 0 aliphatic carbocycles. The van der Waals surface area contributed by atoms with E-state index in [4.69, 9.17) is 0 Å². The molecule has 16 heavy (non-hydrogen) atoms. The molecular weight excluding hydrogens is 208 g/mol. The van der Waals surface area contributed by atoms with Gasteiger partial charge in [0.1, 0.15) is 0 Å². The molecule has 0 fully saturated rings. The van der Waals surface area contributed by atoms with Crippen molar-refractivity contribution in [1.82, 2.24) is 5.32 Å². The molecule has 5 heteroatoms. The number of non-ortho nitro benzene ring substituents is 1. The molecule has 0 unspecified atom stereocenters. The number of nitro groups is 1. The van der Waals surface area contributed by atoms with Crippen LogP contribution in [0.25, 0.3) is 6.08 Å². The number of amides is 1. The van der Waals surface area contributed by atoms with Crippen molar-refractivity contribution in [3.05, 3.63) is 46.0 Å².